The van der Waals surface area contributed by atoms with Gasteiger partial charge in [-0.15, -0.1) is 10.2 Å². The molecule has 2 rings (SSSR count). The van der Waals surface area contributed by atoms with Crippen LogP contribution in [0, 0.1) is 11.5 Å². The number of pyridine rings is 1. The third-order valence-corrected chi connectivity index (χ3v) is 1.78. The third-order valence-electron chi connectivity index (χ3n) is 1.78. The molecule has 5 heteroatoms. The number of nitrogens with zero attached hydrogens (tertiary/aromatic N) is 4. The Bertz CT molecular complexity index is 471. The van der Waals surface area contributed by atoms with E-state index in [1.165, 1.54) is 0 Å². The highest BCUT2D eigenvalue weighted by Gasteiger charge is 2.00. The van der Waals surface area contributed by atoms with Gasteiger partial charge in [0.2, 0.25) is 0 Å². The van der Waals surface area contributed by atoms with Crippen molar-refractivity contribution in [1.82, 2.24) is 15.2 Å². The molecule has 2 aromatic heterocycles. The summed E-state index contributed by atoms with van der Waals surface area (Å²) in [6.07, 6.45) is 3.47. The van der Waals surface area contributed by atoms with Crippen molar-refractivity contribution in [3.05, 3.63) is 36.5 Å². The average Bonchev–Trinajstić information content (AvgIpc) is 2.32. The Morgan fingerprint density at radius 3 is 2.60 bits per heavy atom. The van der Waals surface area contributed by atoms with Crippen molar-refractivity contribution in [2.75, 3.05) is 5.32 Å². The van der Waals surface area contributed by atoms with E-state index < -0.39 is 0 Å². The van der Waals surface area contributed by atoms with Crippen LogP contribution in [0.2, 0.25) is 0 Å². The van der Waals surface area contributed by atoms with Gasteiger partial charge in [-0.2, -0.15) is 5.26 Å². The molecule has 0 fully saturated rings. The molecular weight excluding hydrogens is 190 g/mol. The molecule has 2 aromatic rings. The lowest BCUT2D eigenvalue weighted by atomic mass is 10.2. The van der Waals surface area contributed by atoms with Crippen molar-refractivity contribution in [2.24, 2.45) is 0 Å². The van der Waals surface area contributed by atoms with Crippen LogP contribution in [0.25, 0.3) is 11.4 Å². The SMILES string of the molecule is N#CNc1ccc(-c2ccccn2)nn1. The number of nitrogens with one attached hydrogen (secondary N) is 1. The van der Waals surface area contributed by atoms with Gasteiger partial charge in [-0.1, -0.05) is 6.07 Å². The van der Waals surface area contributed by atoms with E-state index >= 15 is 0 Å². The predicted octanol–water partition coefficient (Wildman–Crippen LogP) is 1.43. The summed E-state index contributed by atoms with van der Waals surface area (Å²) < 4.78 is 0. The molecule has 0 amide bonds. The van der Waals surface area contributed by atoms with Gasteiger partial charge in [-0.25, -0.2) is 0 Å². The molecule has 0 spiro atoms. The molecule has 72 valence electrons. The van der Waals surface area contributed by atoms with Gasteiger partial charge in [0.25, 0.3) is 0 Å². The summed E-state index contributed by atoms with van der Waals surface area (Å²) in [6, 6.07) is 9.00. The van der Waals surface area contributed by atoms with Crippen LogP contribution in [0.4, 0.5) is 5.82 Å². The smallest absolute Gasteiger partial charge is 0.182 e. The number of nitriles is 1. The van der Waals surface area contributed by atoms with E-state index in [-0.39, 0.29) is 0 Å². The van der Waals surface area contributed by atoms with E-state index in [1.807, 2.05) is 18.2 Å². The van der Waals surface area contributed by atoms with Crippen molar-refractivity contribution < 1.29 is 0 Å². The van der Waals surface area contributed by atoms with Crippen molar-refractivity contribution in [3.63, 3.8) is 0 Å². The van der Waals surface area contributed by atoms with Crippen LogP contribution in [-0.2, 0) is 0 Å². The molecule has 15 heavy (non-hydrogen) atoms. The Hall–Kier alpha value is -2.48. The Morgan fingerprint density at radius 1 is 1.07 bits per heavy atom. The summed E-state index contributed by atoms with van der Waals surface area (Å²) in [5, 5.41) is 18.5. The molecule has 1 N–H and O–H groups in total. The zero-order valence-electron chi connectivity index (χ0n) is 7.75. The van der Waals surface area contributed by atoms with Crippen LogP contribution in [0.15, 0.2) is 36.5 Å². The predicted molar refractivity (Wildman–Crippen MR) is 54.5 cm³/mol. The summed E-state index contributed by atoms with van der Waals surface area (Å²) in [4.78, 5) is 4.14. The van der Waals surface area contributed by atoms with Crippen molar-refractivity contribution in [3.8, 4) is 17.6 Å². The molecule has 5 nitrogen and oxygen atoms in total. The minimum atomic E-state index is 0.428. The third kappa shape index (κ3) is 2.06. The van der Waals surface area contributed by atoms with Crippen LogP contribution in [0.1, 0.15) is 0 Å². The second-order valence-electron chi connectivity index (χ2n) is 2.76. The van der Waals surface area contributed by atoms with E-state index in [0.29, 0.717) is 11.5 Å². The normalized spacial score (nSPS) is 9.27. The summed E-state index contributed by atoms with van der Waals surface area (Å²) >= 11 is 0. The highest BCUT2D eigenvalue weighted by atomic mass is 15.2. The topological polar surface area (TPSA) is 74.5 Å². The Labute approximate surface area is 86.4 Å². The van der Waals surface area contributed by atoms with Crippen LogP contribution in [0.5, 0.6) is 0 Å². The van der Waals surface area contributed by atoms with Crippen LogP contribution >= 0.6 is 0 Å². The summed E-state index contributed by atoms with van der Waals surface area (Å²) in [5.41, 5.74) is 1.44. The maximum Gasteiger partial charge on any atom is 0.182 e. The molecule has 2 heterocycles. The molecular formula is C10H7N5. The average molecular weight is 197 g/mol. The maximum absolute atomic E-state index is 8.36. The van der Waals surface area contributed by atoms with Gasteiger partial charge in [-0.05, 0) is 24.3 Å². The molecule has 0 unspecified atom stereocenters. The summed E-state index contributed by atoms with van der Waals surface area (Å²) in [6.45, 7) is 0. The van der Waals surface area contributed by atoms with Gasteiger partial charge in [-0.3, -0.25) is 10.3 Å². The van der Waals surface area contributed by atoms with E-state index in [9.17, 15) is 0 Å². The zero-order valence-corrected chi connectivity index (χ0v) is 7.75. The van der Waals surface area contributed by atoms with Crippen LogP contribution < -0.4 is 5.32 Å². The second kappa shape index (κ2) is 4.15. The number of anilines is 1. The van der Waals surface area contributed by atoms with E-state index in [0.717, 1.165) is 5.69 Å². The lowest BCUT2D eigenvalue weighted by molar-refractivity contribution is 1.03. The second-order valence-corrected chi connectivity index (χ2v) is 2.76. The van der Waals surface area contributed by atoms with Gasteiger partial charge in [0.1, 0.15) is 5.69 Å². The first kappa shape index (κ1) is 9.09. The van der Waals surface area contributed by atoms with E-state index in [4.69, 9.17) is 5.26 Å². The van der Waals surface area contributed by atoms with E-state index in [2.05, 4.69) is 20.5 Å². The molecule has 0 atom stereocenters. The van der Waals surface area contributed by atoms with E-state index in [1.54, 1.807) is 24.5 Å². The lowest BCUT2D eigenvalue weighted by Crippen LogP contribution is -1.95. The molecule has 0 radical (unpaired) electrons. The number of rotatable bonds is 2. The fraction of sp³-hybridized carbons (Fsp3) is 0. The zero-order chi connectivity index (χ0) is 10.5. The first-order valence-electron chi connectivity index (χ1n) is 4.30. The molecule has 0 aliphatic carbocycles. The molecule has 0 saturated carbocycles. The first-order valence-corrected chi connectivity index (χ1v) is 4.30. The minimum Gasteiger partial charge on any atom is -0.275 e. The fourth-order valence-electron chi connectivity index (χ4n) is 1.11. The quantitative estimate of drug-likeness (QED) is 0.582. The minimum absolute atomic E-state index is 0.428. The summed E-state index contributed by atoms with van der Waals surface area (Å²) in [7, 11) is 0. The largest absolute Gasteiger partial charge is 0.275 e. The first-order chi connectivity index (χ1) is 7.40. The van der Waals surface area contributed by atoms with Gasteiger partial charge in [0.15, 0.2) is 12.0 Å². The number of aromatic nitrogens is 3. The van der Waals surface area contributed by atoms with Gasteiger partial charge >= 0.3 is 0 Å². The molecule has 0 aromatic carbocycles. The van der Waals surface area contributed by atoms with Gasteiger partial charge < -0.3 is 0 Å². The fourth-order valence-corrected chi connectivity index (χ4v) is 1.11. The van der Waals surface area contributed by atoms with Crippen molar-refractivity contribution >= 4 is 5.82 Å². The molecule has 0 aliphatic rings. The maximum atomic E-state index is 8.36. The monoisotopic (exact) mass is 197 g/mol. The summed E-state index contributed by atoms with van der Waals surface area (Å²) in [5.74, 6) is 0.428. The molecule has 0 aliphatic heterocycles. The Kier molecular flexibility index (Phi) is 2.52. The van der Waals surface area contributed by atoms with Crippen LogP contribution in [0.3, 0.4) is 0 Å². The number of hydrogen-bond donors (Lipinski definition) is 1. The highest BCUT2D eigenvalue weighted by Crippen LogP contribution is 2.13. The van der Waals surface area contributed by atoms with Gasteiger partial charge in [0, 0.05) is 6.20 Å². The molecule has 0 saturated heterocycles. The standard InChI is InChI=1S/C10H7N5/c11-7-13-10-5-4-9(14-15-10)8-3-1-2-6-12-8/h1-6H,(H,13,15). The lowest BCUT2D eigenvalue weighted by Gasteiger charge is -1.98. The van der Waals surface area contributed by atoms with Gasteiger partial charge in [0.05, 0.1) is 5.69 Å². The van der Waals surface area contributed by atoms with Crippen molar-refractivity contribution in [2.45, 2.75) is 0 Å². The highest BCUT2D eigenvalue weighted by molar-refractivity contribution is 5.54. The molecule has 0 bridgehead atoms. The van der Waals surface area contributed by atoms with Crippen molar-refractivity contribution in [1.29, 1.82) is 5.26 Å². The Balaban J connectivity index is 2.29. The Morgan fingerprint density at radius 2 is 2.00 bits per heavy atom. The van der Waals surface area contributed by atoms with Crippen LogP contribution in [-0.4, -0.2) is 15.2 Å². The number of hydrogen-bond acceptors (Lipinski definition) is 5.